The maximum atomic E-state index is 5.70. The molecule has 0 aliphatic carbocycles. The highest BCUT2D eigenvalue weighted by atomic mass is 16.9. The van der Waals surface area contributed by atoms with E-state index in [1.54, 1.807) is 21.3 Å². The first-order valence-electron chi connectivity index (χ1n) is 9.35. The van der Waals surface area contributed by atoms with E-state index in [1.165, 1.54) is 42.0 Å². The van der Waals surface area contributed by atoms with Crippen LogP contribution in [0.1, 0.15) is 56.9 Å². The van der Waals surface area contributed by atoms with Gasteiger partial charge in [0.15, 0.2) is 0 Å². The van der Waals surface area contributed by atoms with Gasteiger partial charge in [-0.3, -0.25) is 0 Å². The molecule has 0 N–H and O–H groups in total. The molecule has 0 fully saturated rings. The summed E-state index contributed by atoms with van der Waals surface area (Å²) in [6, 6.07) is 15.0. The first kappa shape index (κ1) is 19.9. The Morgan fingerprint density at radius 3 is 2.08 bits per heavy atom. The SMILES string of the molecule is CCCCCCCC(c1ccc2ccccc2c1)C(OC)(OC)OC. The lowest BCUT2D eigenvalue weighted by molar-refractivity contribution is -0.365. The maximum Gasteiger partial charge on any atom is 0.289 e. The molecule has 0 radical (unpaired) electrons. The lowest BCUT2D eigenvalue weighted by atomic mass is 9.89. The molecule has 0 saturated heterocycles. The zero-order valence-corrected chi connectivity index (χ0v) is 16.1. The van der Waals surface area contributed by atoms with E-state index in [9.17, 15) is 0 Å². The van der Waals surface area contributed by atoms with Gasteiger partial charge in [0.05, 0.1) is 5.92 Å². The number of unbranched alkanes of at least 4 members (excludes halogenated alkanes) is 4. The Morgan fingerprint density at radius 1 is 0.800 bits per heavy atom. The van der Waals surface area contributed by atoms with E-state index in [2.05, 4.69) is 49.4 Å². The molecule has 25 heavy (non-hydrogen) atoms. The van der Waals surface area contributed by atoms with E-state index >= 15 is 0 Å². The summed E-state index contributed by atoms with van der Waals surface area (Å²) < 4.78 is 17.1. The Kier molecular flexibility index (Phi) is 7.89. The van der Waals surface area contributed by atoms with Crippen LogP contribution >= 0.6 is 0 Å². The summed E-state index contributed by atoms with van der Waals surface area (Å²) in [5, 5.41) is 2.47. The van der Waals surface area contributed by atoms with Crippen LogP contribution in [0.25, 0.3) is 10.8 Å². The second kappa shape index (κ2) is 9.91. The van der Waals surface area contributed by atoms with E-state index in [0.29, 0.717) is 0 Å². The van der Waals surface area contributed by atoms with Gasteiger partial charge in [-0.2, -0.15) is 0 Å². The molecule has 0 aliphatic heterocycles. The third-order valence-corrected chi connectivity index (χ3v) is 5.05. The van der Waals surface area contributed by atoms with Gasteiger partial charge in [-0.1, -0.05) is 81.5 Å². The average Bonchev–Trinajstić information content (AvgIpc) is 2.67. The summed E-state index contributed by atoms with van der Waals surface area (Å²) in [6.07, 6.45) is 7.16. The van der Waals surface area contributed by atoms with Crippen molar-refractivity contribution in [3.63, 3.8) is 0 Å². The van der Waals surface area contributed by atoms with E-state index < -0.39 is 5.97 Å². The van der Waals surface area contributed by atoms with Gasteiger partial charge in [0.25, 0.3) is 5.97 Å². The van der Waals surface area contributed by atoms with Crippen molar-refractivity contribution in [3.8, 4) is 0 Å². The molecule has 0 amide bonds. The molecule has 2 aromatic rings. The van der Waals surface area contributed by atoms with E-state index in [0.717, 1.165) is 12.8 Å². The molecule has 0 bridgehead atoms. The average molecular weight is 344 g/mol. The van der Waals surface area contributed by atoms with Gasteiger partial charge in [-0.25, -0.2) is 0 Å². The van der Waals surface area contributed by atoms with Crippen molar-refractivity contribution >= 4 is 10.8 Å². The van der Waals surface area contributed by atoms with Crippen LogP contribution in [0.4, 0.5) is 0 Å². The van der Waals surface area contributed by atoms with Crippen LogP contribution in [0.2, 0.25) is 0 Å². The number of methoxy groups -OCH3 is 3. The van der Waals surface area contributed by atoms with Crippen LogP contribution < -0.4 is 0 Å². The molecular formula is C22H32O3. The molecule has 2 rings (SSSR count). The Bertz CT molecular complexity index is 626. The van der Waals surface area contributed by atoms with E-state index in [-0.39, 0.29) is 5.92 Å². The summed E-state index contributed by atoms with van der Waals surface area (Å²) in [6.45, 7) is 2.24. The first-order chi connectivity index (χ1) is 12.2. The molecule has 0 aromatic heterocycles. The predicted octanol–water partition coefficient (Wildman–Crippen LogP) is 5.88. The Labute approximate surface area is 152 Å². The number of rotatable bonds is 11. The van der Waals surface area contributed by atoms with Gasteiger partial charge < -0.3 is 14.2 Å². The zero-order valence-electron chi connectivity index (χ0n) is 16.1. The first-order valence-corrected chi connectivity index (χ1v) is 9.35. The fourth-order valence-corrected chi connectivity index (χ4v) is 3.60. The molecule has 3 heteroatoms. The summed E-state index contributed by atoms with van der Waals surface area (Å²) >= 11 is 0. The third-order valence-electron chi connectivity index (χ3n) is 5.05. The van der Waals surface area contributed by atoms with Gasteiger partial charge in [0, 0.05) is 21.3 Å². The molecule has 0 heterocycles. The molecule has 1 unspecified atom stereocenters. The molecule has 1 atom stereocenters. The second-order valence-electron chi connectivity index (χ2n) is 6.58. The Balaban J connectivity index is 2.28. The molecule has 0 saturated carbocycles. The van der Waals surface area contributed by atoms with Crippen molar-refractivity contribution in [1.82, 2.24) is 0 Å². The minimum absolute atomic E-state index is 0.0266. The van der Waals surface area contributed by atoms with Crippen molar-refractivity contribution in [2.24, 2.45) is 0 Å². The van der Waals surface area contributed by atoms with Gasteiger partial charge in [-0.15, -0.1) is 0 Å². The third kappa shape index (κ3) is 4.81. The number of hydrogen-bond donors (Lipinski definition) is 0. The number of ether oxygens (including phenoxy) is 3. The summed E-state index contributed by atoms with van der Waals surface area (Å²) in [4.78, 5) is 0. The highest BCUT2D eigenvalue weighted by Crippen LogP contribution is 2.38. The predicted molar refractivity (Wildman–Crippen MR) is 104 cm³/mol. The van der Waals surface area contributed by atoms with Crippen molar-refractivity contribution < 1.29 is 14.2 Å². The van der Waals surface area contributed by atoms with Crippen LogP contribution in [-0.2, 0) is 14.2 Å². The topological polar surface area (TPSA) is 27.7 Å². The molecule has 3 nitrogen and oxygen atoms in total. The van der Waals surface area contributed by atoms with Crippen LogP contribution in [0, 0.1) is 0 Å². The van der Waals surface area contributed by atoms with Crippen molar-refractivity contribution in [1.29, 1.82) is 0 Å². The summed E-state index contributed by atoms with van der Waals surface area (Å²) in [7, 11) is 4.95. The smallest absolute Gasteiger partial charge is 0.289 e. The van der Waals surface area contributed by atoms with Crippen molar-refractivity contribution in [2.45, 2.75) is 57.3 Å². The van der Waals surface area contributed by atoms with Gasteiger partial charge in [-0.05, 0) is 22.8 Å². The highest BCUT2D eigenvalue weighted by molar-refractivity contribution is 5.83. The number of hydrogen-bond acceptors (Lipinski definition) is 3. The fourth-order valence-electron chi connectivity index (χ4n) is 3.60. The van der Waals surface area contributed by atoms with Gasteiger partial charge >= 0.3 is 0 Å². The van der Waals surface area contributed by atoms with Gasteiger partial charge in [0.1, 0.15) is 0 Å². The fraction of sp³-hybridized carbons (Fsp3) is 0.545. The standard InChI is InChI=1S/C22H32O3/c1-5-6-7-8-9-14-21(22(23-2,24-3)25-4)20-16-15-18-12-10-11-13-19(18)17-20/h10-13,15-17,21H,5-9,14H2,1-4H3. The number of fused-ring (bicyclic) bond motifs is 1. The van der Waals surface area contributed by atoms with E-state index in [1.807, 2.05) is 0 Å². The minimum atomic E-state index is -1.05. The number of benzene rings is 2. The van der Waals surface area contributed by atoms with Crippen molar-refractivity contribution in [3.05, 3.63) is 48.0 Å². The molecule has 0 spiro atoms. The minimum Gasteiger partial charge on any atom is -0.330 e. The van der Waals surface area contributed by atoms with Crippen LogP contribution in [-0.4, -0.2) is 27.3 Å². The van der Waals surface area contributed by atoms with Gasteiger partial charge in [0.2, 0.25) is 0 Å². The quantitative estimate of drug-likeness (QED) is 0.376. The molecule has 2 aromatic carbocycles. The van der Waals surface area contributed by atoms with Crippen LogP contribution in [0.3, 0.4) is 0 Å². The summed E-state index contributed by atoms with van der Waals surface area (Å²) in [5.41, 5.74) is 1.19. The van der Waals surface area contributed by atoms with Crippen LogP contribution in [0.15, 0.2) is 42.5 Å². The Morgan fingerprint density at radius 2 is 1.44 bits per heavy atom. The van der Waals surface area contributed by atoms with Crippen molar-refractivity contribution in [2.75, 3.05) is 21.3 Å². The highest BCUT2D eigenvalue weighted by Gasteiger charge is 2.40. The second-order valence-corrected chi connectivity index (χ2v) is 6.58. The van der Waals surface area contributed by atoms with E-state index in [4.69, 9.17) is 14.2 Å². The lowest BCUT2D eigenvalue weighted by Crippen LogP contribution is -2.42. The lowest BCUT2D eigenvalue weighted by Gasteiger charge is -2.37. The monoisotopic (exact) mass is 344 g/mol. The normalized spacial score (nSPS) is 13.3. The molecule has 0 aliphatic rings. The van der Waals surface area contributed by atoms with Crippen LogP contribution in [0.5, 0.6) is 0 Å². The largest absolute Gasteiger partial charge is 0.330 e. The summed E-state index contributed by atoms with van der Waals surface area (Å²) in [5.74, 6) is -1.02. The Hall–Kier alpha value is -1.42. The molecular weight excluding hydrogens is 312 g/mol. The maximum absolute atomic E-state index is 5.70. The molecule has 138 valence electrons. The zero-order chi connectivity index (χ0) is 18.1.